The number of azo groups is 2. The molecule has 4 N–H and O–H groups in total. The number of nitrogens with zero attached hydrogens (tertiary/aromatic N) is 4. The van der Waals surface area contributed by atoms with Crippen LogP contribution in [0.5, 0.6) is 11.5 Å². The van der Waals surface area contributed by atoms with Gasteiger partial charge in [0.15, 0.2) is 0 Å². The normalized spacial score (nSPS) is 12.3. The van der Waals surface area contributed by atoms with E-state index in [2.05, 4.69) is 20.5 Å². The zero-order valence-electron chi connectivity index (χ0n) is 22.2. The molecule has 0 bridgehead atoms. The first-order valence-corrected chi connectivity index (χ1v) is 14.8. The molecule has 3 rings (SSSR count). The van der Waals surface area contributed by atoms with E-state index in [0.29, 0.717) is 39.6 Å². The summed E-state index contributed by atoms with van der Waals surface area (Å²) in [6.07, 6.45) is 0.0692. The number of hydrogen-bond acceptors (Lipinski definition) is 11. The topological polar surface area (TPSA) is 203 Å². The first-order valence-electron chi connectivity index (χ1n) is 11.8. The molecule has 0 atom stereocenters. The van der Waals surface area contributed by atoms with Crippen LogP contribution in [0.3, 0.4) is 0 Å². The Kier molecular flexibility index (Phi) is 9.57. The molecule has 214 valence electrons. The van der Waals surface area contributed by atoms with E-state index in [9.17, 15) is 21.4 Å². The Morgan fingerprint density at radius 3 is 1.88 bits per heavy atom. The SMILES string of the molecule is COc1ccc(N=Nc2cc(C)c(N=Nc3cc(C)c(N)cc3OCCCS(=O)(=O)O)cc2C)c(S(=O)(=O)O)c1. The fraction of sp³-hybridized carbons (Fsp3) is 0.280. The third-order valence-corrected chi connectivity index (χ3v) is 7.33. The Hall–Kier alpha value is -3.92. The van der Waals surface area contributed by atoms with Crippen LogP contribution in [-0.2, 0) is 20.2 Å². The van der Waals surface area contributed by atoms with Gasteiger partial charge in [0, 0.05) is 17.8 Å². The summed E-state index contributed by atoms with van der Waals surface area (Å²) in [5, 5.41) is 16.8. The summed E-state index contributed by atoms with van der Waals surface area (Å²) >= 11 is 0. The molecule has 0 saturated heterocycles. The molecular formula is C25H29N5O8S2. The second-order valence-electron chi connectivity index (χ2n) is 8.80. The quantitative estimate of drug-likeness (QED) is 0.104. The van der Waals surface area contributed by atoms with Gasteiger partial charge in [0.05, 0.1) is 30.8 Å². The first-order chi connectivity index (χ1) is 18.7. The number of methoxy groups -OCH3 is 1. The molecule has 0 unspecified atom stereocenters. The van der Waals surface area contributed by atoms with Gasteiger partial charge in [-0.2, -0.15) is 27.1 Å². The van der Waals surface area contributed by atoms with Gasteiger partial charge in [0.2, 0.25) is 0 Å². The van der Waals surface area contributed by atoms with Crippen molar-refractivity contribution in [2.75, 3.05) is 25.2 Å². The Bertz CT molecular complexity index is 1690. The standard InChI is InChI=1S/C25H29N5O8S2/c1-15-10-23(24(14-19(15)26)38-8-5-9-39(31,32)33)30-29-22-12-16(2)21(11-17(22)3)28-27-20-7-6-18(37-4)13-25(20)40(34,35)36/h6-7,10-14H,5,8-9,26H2,1-4H3,(H,31,32,33)(H,34,35,36). The predicted molar refractivity (Wildman–Crippen MR) is 149 cm³/mol. The third-order valence-electron chi connectivity index (χ3n) is 5.64. The van der Waals surface area contributed by atoms with Crippen molar-refractivity contribution < 1.29 is 35.4 Å². The average molecular weight is 592 g/mol. The third kappa shape index (κ3) is 8.29. The Morgan fingerprint density at radius 1 is 0.775 bits per heavy atom. The summed E-state index contributed by atoms with van der Waals surface area (Å²) in [4.78, 5) is -0.440. The summed E-state index contributed by atoms with van der Waals surface area (Å²) in [6.45, 7) is 5.35. The molecule has 0 saturated carbocycles. The van der Waals surface area contributed by atoms with E-state index in [-0.39, 0.29) is 24.5 Å². The molecule has 0 radical (unpaired) electrons. The number of anilines is 1. The molecule has 0 aliphatic rings. The highest BCUT2D eigenvalue weighted by Gasteiger charge is 2.17. The molecule has 0 heterocycles. The highest BCUT2D eigenvalue weighted by molar-refractivity contribution is 7.86. The molecule has 0 aliphatic heterocycles. The van der Waals surface area contributed by atoms with E-state index in [1.54, 1.807) is 45.0 Å². The number of nitrogens with two attached hydrogens (primary N) is 1. The summed E-state index contributed by atoms with van der Waals surface area (Å²) in [5.74, 6) is 0.0931. The van der Waals surface area contributed by atoms with Crippen molar-refractivity contribution in [3.05, 3.63) is 59.2 Å². The predicted octanol–water partition coefficient (Wildman–Crippen LogP) is 5.94. The molecule has 0 aliphatic carbocycles. The molecule has 15 heteroatoms. The lowest BCUT2D eigenvalue weighted by Gasteiger charge is -2.11. The Balaban J connectivity index is 1.87. The van der Waals surface area contributed by atoms with Gasteiger partial charge in [-0.05, 0) is 74.2 Å². The molecule has 0 fully saturated rings. The minimum absolute atomic E-state index is 0.0101. The summed E-state index contributed by atoms with van der Waals surface area (Å²) < 4.78 is 74.6. The fourth-order valence-electron chi connectivity index (χ4n) is 3.43. The lowest BCUT2D eigenvalue weighted by molar-refractivity contribution is 0.317. The number of ether oxygens (including phenoxy) is 2. The van der Waals surface area contributed by atoms with Crippen LogP contribution >= 0.6 is 0 Å². The van der Waals surface area contributed by atoms with E-state index in [0.717, 1.165) is 11.6 Å². The Labute approximate surface area is 232 Å². The van der Waals surface area contributed by atoms with Crippen molar-refractivity contribution in [3.63, 3.8) is 0 Å². The van der Waals surface area contributed by atoms with Crippen LogP contribution in [-0.4, -0.2) is 45.4 Å². The summed E-state index contributed by atoms with van der Waals surface area (Å²) in [7, 11) is -7.30. The summed E-state index contributed by atoms with van der Waals surface area (Å²) in [6, 6.07) is 10.7. The van der Waals surface area contributed by atoms with Crippen molar-refractivity contribution in [1.82, 2.24) is 0 Å². The van der Waals surface area contributed by atoms with E-state index in [4.69, 9.17) is 19.8 Å². The van der Waals surface area contributed by atoms with Crippen LogP contribution in [0.2, 0.25) is 0 Å². The second kappa shape index (κ2) is 12.5. The zero-order valence-corrected chi connectivity index (χ0v) is 23.8. The minimum atomic E-state index is -4.57. The monoisotopic (exact) mass is 591 g/mol. The van der Waals surface area contributed by atoms with Crippen LogP contribution in [0, 0.1) is 20.8 Å². The average Bonchev–Trinajstić information content (AvgIpc) is 2.87. The maximum atomic E-state index is 11.8. The number of hydrogen-bond donors (Lipinski definition) is 3. The van der Waals surface area contributed by atoms with Gasteiger partial charge in [-0.3, -0.25) is 9.11 Å². The summed E-state index contributed by atoms with van der Waals surface area (Å²) in [5.41, 5.74) is 9.82. The largest absolute Gasteiger partial charge is 0.497 e. The lowest BCUT2D eigenvalue weighted by Crippen LogP contribution is -2.08. The maximum Gasteiger partial charge on any atom is 0.296 e. The first kappa shape index (κ1) is 30.6. The highest BCUT2D eigenvalue weighted by Crippen LogP contribution is 2.36. The van der Waals surface area contributed by atoms with Crippen molar-refractivity contribution in [1.29, 1.82) is 0 Å². The highest BCUT2D eigenvalue weighted by atomic mass is 32.2. The molecular weight excluding hydrogens is 562 g/mol. The van der Waals surface area contributed by atoms with Crippen molar-refractivity contribution in [3.8, 4) is 11.5 Å². The molecule has 0 amide bonds. The van der Waals surface area contributed by atoms with Crippen LogP contribution in [0.15, 0.2) is 67.8 Å². The van der Waals surface area contributed by atoms with E-state index < -0.39 is 30.9 Å². The van der Waals surface area contributed by atoms with Crippen LogP contribution in [0.4, 0.5) is 28.4 Å². The van der Waals surface area contributed by atoms with Crippen LogP contribution in [0.25, 0.3) is 0 Å². The molecule has 0 aromatic heterocycles. The number of nitrogen functional groups attached to an aromatic ring is 1. The van der Waals surface area contributed by atoms with Gasteiger partial charge < -0.3 is 15.2 Å². The number of rotatable bonds is 11. The van der Waals surface area contributed by atoms with Gasteiger partial charge >= 0.3 is 0 Å². The maximum absolute atomic E-state index is 11.8. The Morgan fingerprint density at radius 2 is 1.32 bits per heavy atom. The van der Waals surface area contributed by atoms with E-state index >= 15 is 0 Å². The minimum Gasteiger partial charge on any atom is -0.497 e. The van der Waals surface area contributed by atoms with Gasteiger partial charge in [-0.15, -0.1) is 10.2 Å². The van der Waals surface area contributed by atoms with Crippen molar-refractivity contribution >= 4 is 48.7 Å². The van der Waals surface area contributed by atoms with E-state index in [1.807, 2.05) is 0 Å². The zero-order chi connectivity index (χ0) is 29.7. The van der Waals surface area contributed by atoms with Crippen molar-refractivity contribution in [2.24, 2.45) is 20.5 Å². The molecule has 40 heavy (non-hydrogen) atoms. The van der Waals surface area contributed by atoms with Gasteiger partial charge in [-0.25, -0.2) is 0 Å². The van der Waals surface area contributed by atoms with Gasteiger partial charge in [0.25, 0.3) is 20.2 Å². The van der Waals surface area contributed by atoms with E-state index in [1.165, 1.54) is 19.2 Å². The number of benzene rings is 3. The lowest BCUT2D eigenvalue weighted by atomic mass is 10.1. The number of aryl methyl sites for hydroxylation is 3. The van der Waals surface area contributed by atoms with Crippen LogP contribution < -0.4 is 15.2 Å². The van der Waals surface area contributed by atoms with Crippen molar-refractivity contribution in [2.45, 2.75) is 32.1 Å². The molecule has 3 aromatic carbocycles. The molecule has 13 nitrogen and oxygen atoms in total. The second-order valence-corrected chi connectivity index (χ2v) is 11.8. The molecule has 3 aromatic rings. The van der Waals surface area contributed by atoms with Crippen LogP contribution in [0.1, 0.15) is 23.1 Å². The van der Waals surface area contributed by atoms with Gasteiger partial charge in [0.1, 0.15) is 27.8 Å². The smallest absolute Gasteiger partial charge is 0.296 e. The molecule has 0 spiro atoms. The fourth-order valence-corrected chi connectivity index (χ4v) is 4.55. The van der Waals surface area contributed by atoms with Gasteiger partial charge in [-0.1, -0.05) is 0 Å².